The highest BCUT2D eigenvalue weighted by Crippen LogP contribution is 2.40. The number of halogens is 6. The van der Waals surface area contributed by atoms with Crippen LogP contribution in [0.3, 0.4) is 0 Å². The maximum Gasteiger partial charge on any atom is 0.227 e. The molecular weight excluding hydrogens is 471 g/mol. The van der Waals surface area contributed by atoms with Crippen molar-refractivity contribution in [2.75, 3.05) is 7.11 Å². The van der Waals surface area contributed by atoms with Crippen molar-refractivity contribution < 1.29 is 4.74 Å². The number of rotatable bonds is 2. The summed E-state index contributed by atoms with van der Waals surface area (Å²) in [4.78, 5) is 10.4. The van der Waals surface area contributed by atoms with E-state index in [1.807, 2.05) is 19.9 Å². The van der Waals surface area contributed by atoms with Crippen LogP contribution in [0.15, 0.2) is 10.5 Å². The third kappa shape index (κ3) is 6.07. The Morgan fingerprint density at radius 2 is 1.48 bits per heavy atom. The molecule has 0 amide bonds. The molecule has 0 aliphatic rings. The maximum absolute atomic E-state index is 6.05. The highest BCUT2D eigenvalue weighted by atomic mass is 79.9. The Kier molecular flexibility index (Phi) is 8.63. The molecule has 0 radical (unpaired) electrons. The molecule has 2 aromatic rings. The van der Waals surface area contributed by atoms with Crippen LogP contribution in [0, 0.1) is 6.92 Å². The van der Waals surface area contributed by atoms with Gasteiger partial charge in [-0.15, -0.1) is 11.6 Å². The van der Waals surface area contributed by atoms with Crippen molar-refractivity contribution in [3.8, 4) is 5.75 Å². The lowest BCUT2D eigenvalue weighted by Crippen LogP contribution is -1.96. The van der Waals surface area contributed by atoms with Gasteiger partial charge >= 0.3 is 0 Å². The smallest absolute Gasteiger partial charge is 0.227 e. The normalized spacial score (nSPS) is 11.5. The molecule has 10 heteroatoms. The van der Waals surface area contributed by atoms with Crippen LogP contribution in [-0.4, -0.2) is 22.1 Å². The summed E-state index contributed by atoms with van der Waals surface area (Å²) in [6.07, 6.45) is 0. The number of ether oxygens (including phenoxy) is 1. The summed E-state index contributed by atoms with van der Waals surface area (Å²) >= 11 is 31.5. The molecule has 1 unspecified atom stereocenters. The van der Waals surface area contributed by atoms with Crippen molar-refractivity contribution in [1.82, 2.24) is 15.0 Å². The molecular formula is C13H11BrCl5N3O. The van der Waals surface area contributed by atoms with Crippen molar-refractivity contribution in [2.45, 2.75) is 19.2 Å². The summed E-state index contributed by atoms with van der Waals surface area (Å²) in [5.41, 5.74) is 1.86. The fourth-order valence-electron chi connectivity index (χ4n) is 1.52. The number of hydrogen-bond acceptors (Lipinski definition) is 4. The Morgan fingerprint density at radius 3 is 1.83 bits per heavy atom. The molecule has 0 bridgehead atoms. The Morgan fingerprint density at radius 1 is 1.04 bits per heavy atom. The standard InChI is InChI=1S/C10H11BrCl2O.C3Cl3N3/c1-5-8(13)4-7(6(2)12)10(14-3)9(5)11;4-1-7-2(5)9-3(6)8-1/h4,6H,1-3H3;. The first-order valence-electron chi connectivity index (χ1n) is 6.06. The zero-order valence-corrected chi connectivity index (χ0v) is 17.5. The second kappa shape index (κ2) is 9.44. The fourth-order valence-corrected chi connectivity index (χ4v) is 3.22. The molecule has 1 aromatic heterocycles. The number of aromatic nitrogens is 3. The van der Waals surface area contributed by atoms with Crippen LogP contribution in [0.1, 0.15) is 23.4 Å². The minimum Gasteiger partial charge on any atom is -0.495 e. The zero-order valence-electron chi connectivity index (χ0n) is 12.2. The number of methoxy groups -OCH3 is 1. The molecule has 0 aliphatic carbocycles. The molecule has 1 atom stereocenters. The van der Waals surface area contributed by atoms with Gasteiger partial charge in [0.25, 0.3) is 0 Å². The van der Waals surface area contributed by atoms with E-state index >= 15 is 0 Å². The quantitative estimate of drug-likeness (QED) is 0.456. The van der Waals surface area contributed by atoms with Crippen LogP contribution in [0.5, 0.6) is 5.75 Å². The van der Waals surface area contributed by atoms with Gasteiger partial charge in [0.15, 0.2) is 0 Å². The van der Waals surface area contributed by atoms with E-state index in [4.69, 9.17) is 62.7 Å². The van der Waals surface area contributed by atoms with Gasteiger partial charge in [-0.1, -0.05) is 11.6 Å². The molecule has 0 aliphatic heterocycles. The molecule has 1 aromatic carbocycles. The first kappa shape index (κ1) is 21.0. The van der Waals surface area contributed by atoms with E-state index < -0.39 is 0 Å². The van der Waals surface area contributed by atoms with Gasteiger partial charge in [0.1, 0.15) is 5.75 Å². The minimum absolute atomic E-state index is 0.000000000000000444. The van der Waals surface area contributed by atoms with Crippen LogP contribution in [-0.2, 0) is 0 Å². The van der Waals surface area contributed by atoms with E-state index in [0.717, 1.165) is 21.3 Å². The third-order valence-electron chi connectivity index (χ3n) is 2.62. The Bertz CT molecular complexity index is 649. The predicted octanol–water partition coefficient (Wildman–Crippen LogP) is 6.55. The van der Waals surface area contributed by atoms with E-state index in [1.165, 1.54) is 0 Å². The van der Waals surface area contributed by atoms with Crippen molar-refractivity contribution in [3.05, 3.63) is 42.5 Å². The van der Waals surface area contributed by atoms with Crippen molar-refractivity contribution in [2.24, 2.45) is 0 Å². The number of nitrogens with zero attached hydrogens (tertiary/aromatic N) is 3. The largest absolute Gasteiger partial charge is 0.495 e. The van der Waals surface area contributed by atoms with E-state index in [2.05, 4.69) is 30.9 Å². The average molecular weight is 482 g/mol. The second-order valence-corrected chi connectivity index (χ2v) is 7.05. The molecule has 126 valence electrons. The molecule has 0 spiro atoms. The van der Waals surface area contributed by atoms with Gasteiger partial charge < -0.3 is 4.74 Å². The first-order chi connectivity index (χ1) is 10.7. The maximum atomic E-state index is 6.05. The molecule has 0 N–H and O–H groups in total. The second-order valence-electron chi connectivity index (χ2n) is 4.18. The zero-order chi connectivity index (χ0) is 17.7. The summed E-state index contributed by atoms with van der Waals surface area (Å²) < 4.78 is 6.15. The number of hydrogen-bond donors (Lipinski definition) is 0. The highest BCUT2D eigenvalue weighted by Gasteiger charge is 2.16. The molecule has 0 saturated heterocycles. The van der Waals surface area contributed by atoms with Gasteiger partial charge in [-0.25, -0.2) is 0 Å². The van der Waals surface area contributed by atoms with Gasteiger partial charge in [0, 0.05) is 10.6 Å². The van der Waals surface area contributed by atoms with Crippen molar-refractivity contribution >= 4 is 73.9 Å². The van der Waals surface area contributed by atoms with Gasteiger partial charge in [0.2, 0.25) is 15.9 Å². The van der Waals surface area contributed by atoms with Crippen LogP contribution >= 0.6 is 73.9 Å². The van der Waals surface area contributed by atoms with Crippen molar-refractivity contribution in [1.29, 1.82) is 0 Å². The minimum atomic E-state index is -0.126. The summed E-state index contributed by atoms with van der Waals surface area (Å²) in [6, 6.07) is 1.85. The van der Waals surface area contributed by atoms with Gasteiger partial charge in [-0.2, -0.15) is 15.0 Å². The van der Waals surface area contributed by atoms with E-state index in [1.54, 1.807) is 7.11 Å². The van der Waals surface area contributed by atoms with Gasteiger partial charge in [-0.05, 0) is 76.2 Å². The highest BCUT2D eigenvalue weighted by molar-refractivity contribution is 9.10. The Balaban J connectivity index is 0.000000253. The molecule has 0 fully saturated rings. The van der Waals surface area contributed by atoms with Crippen LogP contribution < -0.4 is 4.74 Å². The average Bonchev–Trinajstić information content (AvgIpc) is 2.43. The Labute approximate surface area is 167 Å². The van der Waals surface area contributed by atoms with Gasteiger partial charge in [-0.3, -0.25) is 0 Å². The monoisotopic (exact) mass is 479 g/mol. The summed E-state index contributed by atoms with van der Waals surface area (Å²) in [5.74, 6) is 0.759. The summed E-state index contributed by atoms with van der Waals surface area (Å²) in [5, 5.41) is 0.569. The lowest BCUT2D eigenvalue weighted by molar-refractivity contribution is 0.406. The topological polar surface area (TPSA) is 47.9 Å². The fraction of sp³-hybridized carbons (Fsp3) is 0.308. The lowest BCUT2D eigenvalue weighted by atomic mass is 10.1. The number of alkyl halides is 1. The van der Waals surface area contributed by atoms with E-state index in [-0.39, 0.29) is 21.2 Å². The van der Waals surface area contributed by atoms with Crippen LogP contribution in [0.25, 0.3) is 0 Å². The first-order valence-corrected chi connectivity index (χ1v) is 8.80. The predicted molar refractivity (Wildman–Crippen MR) is 99.6 cm³/mol. The van der Waals surface area contributed by atoms with Crippen molar-refractivity contribution in [3.63, 3.8) is 0 Å². The molecule has 4 nitrogen and oxygen atoms in total. The Hall–Kier alpha value is -0.0400. The van der Waals surface area contributed by atoms with E-state index in [9.17, 15) is 0 Å². The summed E-state index contributed by atoms with van der Waals surface area (Å²) in [6.45, 7) is 3.81. The third-order valence-corrected chi connectivity index (χ3v) is 4.71. The summed E-state index contributed by atoms with van der Waals surface area (Å²) in [7, 11) is 1.62. The van der Waals surface area contributed by atoms with Crippen LogP contribution in [0.2, 0.25) is 20.9 Å². The molecule has 2 rings (SSSR count). The molecule has 0 saturated carbocycles. The molecule has 23 heavy (non-hydrogen) atoms. The number of benzene rings is 1. The lowest BCUT2D eigenvalue weighted by Gasteiger charge is -2.15. The molecule has 1 heterocycles. The van der Waals surface area contributed by atoms with E-state index in [0.29, 0.717) is 5.02 Å². The SMILES string of the molecule is COc1c(C(C)Cl)cc(Cl)c(C)c1Br.Clc1nc(Cl)nc(Cl)n1. The van der Waals surface area contributed by atoms with Gasteiger partial charge in [0.05, 0.1) is 17.0 Å². The van der Waals surface area contributed by atoms with Crippen LogP contribution in [0.4, 0.5) is 0 Å².